The molecule has 0 saturated heterocycles. The molecule has 3 rings (SSSR count). The fourth-order valence-corrected chi connectivity index (χ4v) is 2.94. The molecule has 0 spiro atoms. The van der Waals surface area contributed by atoms with Gasteiger partial charge in [0, 0.05) is 33.3 Å². The van der Waals surface area contributed by atoms with Crippen molar-refractivity contribution >= 4 is 23.5 Å². The Morgan fingerprint density at radius 3 is 2.88 bits per heavy atom. The van der Waals surface area contributed by atoms with Gasteiger partial charge in [-0.1, -0.05) is 11.8 Å². The number of rotatable bonds is 8. The topological polar surface area (TPSA) is 80.5 Å². The number of aromatic nitrogens is 2. The minimum atomic E-state index is -0.146. The Hall–Kier alpha value is -2.06. The van der Waals surface area contributed by atoms with Crippen LogP contribution in [0.3, 0.4) is 0 Å². The third-order valence-corrected chi connectivity index (χ3v) is 4.51. The maximum absolute atomic E-state index is 12.0. The zero-order valence-electron chi connectivity index (χ0n) is 14.6. The number of methoxy groups -OCH3 is 1. The van der Waals surface area contributed by atoms with E-state index in [2.05, 4.69) is 15.3 Å². The first-order valence-corrected chi connectivity index (χ1v) is 9.10. The summed E-state index contributed by atoms with van der Waals surface area (Å²) >= 11 is 1.47. The van der Waals surface area contributed by atoms with E-state index in [0.717, 1.165) is 30.1 Å². The fraction of sp³-hybridized carbons (Fsp3) is 0.471. The Morgan fingerprint density at radius 1 is 1.40 bits per heavy atom. The van der Waals surface area contributed by atoms with E-state index >= 15 is 0 Å². The first-order valence-electron chi connectivity index (χ1n) is 8.11. The van der Waals surface area contributed by atoms with E-state index in [1.807, 2.05) is 31.1 Å². The highest BCUT2D eigenvalue weighted by Gasteiger charge is 2.25. The molecule has 7 nitrogen and oxygen atoms in total. The minimum Gasteiger partial charge on any atom is -0.455 e. The van der Waals surface area contributed by atoms with E-state index in [0.29, 0.717) is 29.3 Å². The minimum absolute atomic E-state index is 0.146. The van der Waals surface area contributed by atoms with Crippen LogP contribution < -0.4 is 10.2 Å². The number of furan rings is 1. The third kappa shape index (κ3) is 4.96. The SMILES string of the molecule is COCc1cc(N(C)C)nc(SCc2ccc(C(=O)NC3CC3)o2)n1. The lowest BCUT2D eigenvalue weighted by molar-refractivity contribution is 0.0922. The molecule has 1 N–H and O–H groups in total. The standard InChI is InChI=1S/C17H22N4O3S/c1-21(2)15-8-12(9-23-3)19-17(20-15)25-10-13-6-7-14(24-13)16(22)18-11-4-5-11/h6-8,11H,4-5,9-10H2,1-3H3,(H,18,22). The lowest BCUT2D eigenvalue weighted by Crippen LogP contribution is -2.24. The molecule has 134 valence electrons. The first-order chi connectivity index (χ1) is 12.0. The number of ether oxygens (including phenoxy) is 1. The molecule has 0 bridgehead atoms. The molecule has 0 radical (unpaired) electrons. The molecular weight excluding hydrogens is 340 g/mol. The lowest BCUT2D eigenvalue weighted by Gasteiger charge is -2.13. The number of thioether (sulfide) groups is 1. The van der Waals surface area contributed by atoms with Crippen molar-refractivity contribution in [2.75, 3.05) is 26.1 Å². The van der Waals surface area contributed by atoms with Gasteiger partial charge in [-0.05, 0) is 25.0 Å². The van der Waals surface area contributed by atoms with Crippen LogP contribution in [-0.2, 0) is 17.1 Å². The van der Waals surface area contributed by atoms with Crippen molar-refractivity contribution in [3.8, 4) is 0 Å². The summed E-state index contributed by atoms with van der Waals surface area (Å²) in [6.07, 6.45) is 2.11. The maximum Gasteiger partial charge on any atom is 0.287 e. The highest BCUT2D eigenvalue weighted by Crippen LogP contribution is 2.24. The predicted octanol–water partition coefficient (Wildman–Crippen LogP) is 2.47. The van der Waals surface area contributed by atoms with Crippen molar-refractivity contribution in [2.24, 2.45) is 0 Å². The van der Waals surface area contributed by atoms with Crippen molar-refractivity contribution in [2.45, 2.75) is 36.4 Å². The van der Waals surface area contributed by atoms with E-state index in [1.165, 1.54) is 11.8 Å². The lowest BCUT2D eigenvalue weighted by atomic mass is 10.4. The molecule has 0 atom stereocenters. The molecule has 2 aromatic rings. The monoisotopic (exact) mass is 362 g/mol. The first kappa shape index (κ1) is 17.8. The summed E-state index contributed by atoms with van der Waals surface area (Å²) in [6.45, 7) is 0.434. The Bertz CT molecular complexity index is 743. The third-order valence-electron chi connectivity index (χ3n) is 3.64. The molecule has 0 aromatic carbocycles. The van der Waals surface area contributed by atoms with Gasteiger partial charge >= 0.3 is 0 Å². The molecule has 8 heteroatoms. The van der Waals surface area contributed by atoms with Crippen LogP contribution in [0.15, 0.2) is 27.8 Å². The van der Waals surface area contributed by atoms with Gasteiger partial charge in [-0.15, -0.1) is 0 Å². The molecule has 0 unspecified atom stereocenters. The highest BCUT2D eigenvalue weighted by molar-refractivity contribution is 7.98. The fourth-order valence-electron chi connectivity index (χ4n) is 2.17. The molecule has 2 aromatic heterocycles. The van der Waals surface area contributed by atoms with Gasteiger partial charge in [0.15, 0.2) is 10.9 Å². The molecule has 1 aliphatic rings. The largest absolute Gasteiger partial charge is 0.455 e. The molecule has 1 fully saturated rings. The highest BCUT2D eigenvalue weighted by atomic mass is 32.2. The van der Waals surface area contributed by atoms with Crippen LogP contribution in [-0.4, -0.2) is 43.1 Å². The number of nitrogens with zero attached hydrogens (tertiary/aromatic N) is 3. The van der Waals surface area contributed by atoms with Crippen LogP contribution in [0.25, 0.3) is 0 Å². The molecule has 0 aliphatic heterocycles. The van der Waals surface area contributed by atoms with E-state index in [9.17, 15) is 4.79 Å². The second-order valence-corrected chi connectivity index (χ2v) is 7.07. The number of anilines is 1. The predicted molar refractivity (Wildman–Crippen MR) is 95.8 cm³/mol. The van der Waals surface area contributed by atoms with Gasteiger partial charge in [-0.25, -0.2) is 9.97 Å². The van der Waals surface area contributed by atoms with Gasteiger partial charge in [0.05, 0.1) is 18.1 Å². The second-order valence-electron chi connectivity index (χ2n) is 6.13. The number of amides is 1. The molecule has 1 amide bonds. The zero-order valence-corrected chi connectivity index (χ0v) is 15.4. The van der Waals surface area contributed by atoms with Gasteiger partial charge in [0.25, 0.3) is 5.91 Å². The Balaban J connectivity index is 1.64. The Labute approximate surface area is 151 Å². The van der Waals surface area contributed by atoms with Gasteiger partial charge in [0.1, 0.15) is 11.6 Å². The Morgan fingerprint density at radius 2 is 2.20 bits per heavy atom. The van der Waals surface area contributed by atoms with Crippen molar-refractivity contribution in [3.05, 3.63) is 35.4 Å². The van der Waals surface area contributed by atoms with Crippen LogP contribution in [0.1, 0.15) is 34.9 Å². The number of hydrogen-bond acceptors (Lipinski definition) is 7. The van der Waals surface area contributed by atoms with Crippen molar-refractivity contribution in [1.82, 2.24) is 15.3 Å². The average molecular weight is 362 g/mol. The summed E-state index contributed by atoms with van der Waals surface area (Å²) in [7, 11) is 5.51. The summed E-state index contributed by atoms with van der Waals surface area (Å²) < 4.78 is 10.8. The quantitative estimate of drug-likeness (QED) is 0.571. The van der Waals surface area contributed by atoms with Gasteiger partial charge < -0.3 is 19.4 Å². The van der Waals surface area contributed by atoms with E-state index in [1.54, 1.807) is 13.2 Å². The normalized spacial score (nSPS) is 13.7. The van der Waals surface area contributed by atoms with Crippen LogP contribution in [0.2, 0.25) is 0 Å². The van der Waals surface area contributed by atoms with Crippen LogP contribution in [0.5, 0.6) is 0 Å². The van der Waals surface area contributed by atoms with Crippen molar-refractivity contribution < 1.29 is 13.9 Å². The number of hydrogen-bond donors (Lipinski definition) is 1. The van der Waals surface area contributed by atoms with Gasteiger partial charge in [0.2, 0.25) is 0 Å². The molecule has 2 heterocycles. The summed E-state index contributed by atoms with van der Waals surface area (Å²) in [5.41, 5.74) is 0.827. The maximum atomic E-state index is 12.0. The van der Waals surface area contributed by atoms with Crippen molar-refractivity contribution in [3.63, 3.8) is 0 Å². The number of carbonyl (C=O) groups is 1. The molecular formula is C17H22N4O3S. The van der Waals surface area contributed by atoms with Gasteiger partial charge in [-0.3, -0.25) is 4.79 Å². The Kier molecular flexibility index (Phi) is 5.60. The smallest absolute Gasteiger partial charge is 0.287 e. The molecule has 1 aliphatic carbocycles. The summed E-state index contributed by atoms with van der Waals surface area (Å²) in [5.74, 6) is 2.31. The number of nitrogens with one attached hydrogen (secondary N) is 1. The summed E-state index contributed by atoms with van der Waals surface area (Å²) in [6, 6.07) is 5.75. The van der Waals surface area contributed by atoms with Crippen LogP contribution in [0, 0.1) is 0 Å². The zero-order chi connectivity index (χ0) is 17.8. The van der Waals surface area contributed by atoms with E-state index in [4.69, 9.17) is 9.15 Å². The van der Waals surface area contributed by atoms with Crippen LogP contribution >= 0.6 is 11.8 Å². The van der Waals surface area contributed by atoms with E-state index in [-0.39, 0.29) is 5.91 Å². The van der Waals surface area contributed by atoms with E-state index < -0.39 is 0 Å². The summed E-state index contributed by atoms with van der Waals surface area (Å²) in [5, 5.41) is 3.57. The number of carbonyl (C=O) groups excluding carboxylic acids is 1. The molecule has 25 heavy (non-hydrogen) atoms. The van der Waals surface area contributed by atoms with Gasteiger partial charge in [-0.2, -0.15) is 0 Å². The van der Waals surface area contributed by atoms with Crippen LogP contribution in [0.4, 0.5) is 5.82 Å². The second kappa shape index (κ2) is 7.88. The van der Waals surface area contributed by atoms with Crippen molar-refractivity contribution in [1.29, 1.82) is 0 Å². The average Bonchev–Trinajstić information content (AvgIpc) is 3.26. The molecule has 1 saturated carbocycles. The summed E-state index contributed by atoms with van der Waals surface area (Å²) in [4.78, 5) is 22.9.